The molecule has 0 spiro atoms. The van der Waals surface area contributed by atoms with Crippen LogP contribution in [-0.2, 0) is 0 Å². The molecular weight excluding hydrogens is 550 g/mol. The summed E-state index contributed by atoms with van der Waals surface area (Å²) in [6, 6.07) is 52.2. The third kappa shape index (κ3) is 4.27. The molecule has 2 aromatic heterocycles. The molecule has 45 heavy (non-hydrogen) atoms. The second-order valence-electron chi connectivity index (χ2n) is 11.2. The molecule has 9 rings (SSSR count). The number of aromatic nitrogens is 3. The summed E-state index contributed by atoms with van der Waals surface area (Å²) in [7, 11) is 0. The maximum atomic E-state index is 6.50. The SMILES string of the molecule is c1ccc(-c2nc(-c3ccc4ccccc4c3)nc(-c3cccc4oc5cccc(-c6cccc7ccccc67)c5c34)n2)cc1. The van der Waals surface area contributed by atoms with Gasteiger partial charge in [0.1, 0.15) is 11.2 Å². The Morgan fingerprint density at radius 1 is 0.356 bits per heavy atom. The lowest BCUT2D eigenvalue weighted by molar-refractivity contribution is 0.669. The van der Waals surface area contributed by atoms with Crippen molar-refractivity contribution < 1.29 is 4.42 Å². The van der Waals surface area contributed by atoms with Crippen LogP contribution in [-0.4, -0.2) is 15.0 Å². The molecule has 2 heterocycles. The van der Waals surface area contributed by atoms with Gasteiger partial charge in [0, 0.05) is 27.5 Å². The Bertz CT molecular complexity index is 2540. The third-order valence-electron chi connectivity index (χ3n) is 8.52. The monoisotopic (exact) mass is 575 g/mol. The van der Waals surface area contributed by atoms with Crippen LogP contribution in [0.1, 0.15) is 0 Å². The van der Waals surface area contributed by atoms with Crippen molar-refractivity contribution in [3.8, 4) is 45.3 Å². The molecule has 7 aromatic carbocycles. The van der Waals surface area contributed by atoms with E-state index in [1.54, 1.807) is 0 Å². The molecule has 0 N–H and O–H groups in total. The molecule has 9 aromatic rings. The van der Waals surface area contributed by atoms with Crippen molar-refractivity contribution in [1.29, 1.82) is 0 Å². The van der Waals surface area contributed by atoms with Crippen LogP contribution in [0.3, 0.4) is 0 Å². The van der Waals surface area contributed by atoms with Gasteiger partial charge in [0.15, 0.2) is 17.5 Å². The van der Waals surface area contributed by atoms with Gasteiger partial charge in [0.05, 0.1) is 0 Å². The van der Waals surface area contributed by atoms with Gasteiger partial charge in [-0.05, 0) is 50.9 Å². The summed E-state index contributed by atoms with van der Waals surface area (Å²) in [5.74, 6) is 1.86. The van der Waals surface area contributed by atoms with E-state index in [0.717, 1.165) is 55.1 Å². The van der Waals surface area contributed by atoms with E-state index in [1.165, 1.54) is 16.2 Å². The van der Waals surface area contributed by atoms with Crippen molar-refractivity contribution in [3.63, 3.8) is 0 Å². The molecule has 0 radical (unpaired) electrons. The van der Waals surface area contributed by atoms with Crippen molar-refractivity contribution in [2.75, 3.05) is 0 Å². The quantitative estimate of drug-likeness (QED) is 0.209. The van der Waals surface area contributed by atoms with Crippen molar-refractivity contribution in [2.24, 2.45) is 0 Å². The summed E-state index contributed by atoms with van der Waals surface area (Å²) < 4.78 is 6.50. The predicted octanol–water partition coefficient (Wildman–Crippen LogP) is 10.7. The molecule has 0 fully saturated rings. The molecule has 0 bridgehead atoms. The highest BCUT2D eigenvalue weighted by Gasteiger charge is 2.20. The fourth-order valence-electron chi connectivity index (χ4n) is 6.41. The van der Waals surface area contributed by atoms with Crippen molar-refractivity contribution >= 4 is 43.5 Å². The van der Waals surface area contributed by atoms with Gasteiger partial charge in [0.2, 0.25) is 0 Å². The fourth-order valence-corrected chi connectivity index (χ4v) is 6.41. The van der Waals surface area contributed by atoms with Crippen LogP contribution >= 0.6 is 0 Å². The van der Waals surface area contributed by atoms with Gasteiger partial charge >= 0.3 is 0 Å². The Morgan fingerprint density at radius 2 is 0.933 bits per heavy atom. The first-order valence-corrected chi connectivity index (χ1v) is 15.0. The molecule has 0 aliphatic carbocycles. The number of nitrogens with zero attached hydrogens (tertiary/aromatic N) is 3. The van der Waals surface area contributed by atoms with Gasteiger partial charge in [-0.1, -0.05) is 133 Å². The van der Waals surface area contributed by atoms with Crippen LogP contribution in [0.5, 0.6) is 0 Å². The van der Waals surface area contributed by atoms with Crippen LogP contribution in [0, 0.1) is 0 Å². The Kier molecular flexibility index (Phi) is 5.78. The first-order chi connectivity index (χ1) is 22.3. The van der Waals surface area contributed by atoms with Gasteiger partial charge < -0.3 is 4.42 Å². The molecular formula is C41H25N3O. The predicted molar refractivity (Wildman–Crippen MR) is 184 cm³/mol. The van der Waals surface area contributed by atoms with E-state index >= 15 is 0 Å². The lowest BCUT2D eigenvalue weighted by Gasteiger charge is -2.11. The van der Waals surface area contributed by atoms with E-state index in [9.17, 15) is 0 Å². The number of fused-ring (bicyclic) bond motifs is 5. The van der Waals surface area contributed by atoms with Crippen LogP contribution in [0.2, 0.25) is 0 Å². The van der Waals surface area contributed by atoms with E-state index in [4.69, 9.17) is 19.4 Å². The Labute approximate surface area is 259 Å². The molecule has 210 valence electrons. The zero-order valence-corrected chi connectivity index (χ0v) is 24.2. The highest BCUT2D eigenvalue weighted by Crippen LogP contribution is 2.42. The van der Waals surface area contributed by atoms with Gasteiger partial charge in [-0.2, -0.15) is 0 Å². The molecule has 0 atom stereocenters. The summed E-state index contributed by atoms with van der Waals surface area (Å²) in [5.41, 5.74) is 6.68. The normalized spacial score (nSPS) is 11.6. The Balaban J connectivity index is 1.33. The fraction of sp³-hybridized carbons (Fsp3) is 0. The summed E-state index contributed by atoms with van der Waals surface area (Å²) >= 11 is 0. The maximum Gasteiger partial charge on any atom is 0.164 e. The number of benzene rings is 7. The molecule has 0 aliphatic heterocycles. The highest BCUT2D eigenvalue weighted by atomic mass is 16.3. The second-order valence-corrected chi connectivity index (χ2v) is 11.2. The minimum Gasteiger partial charge on any atom is -0.456 e. The van der Waals surface area contributed by atoms with Gasteiger partial charge in [0.25, 0.3) is 0 Å². The first kappa shape index (κ1) is 25.4. The Hall–Kier alpha value is -6.13. The third-order valence-corrected chi connectivity index (χ3v) is 8.52. The van der Waals surface area contributed by atoms with E-state index in [-0.39, 0.29) is 0 Å². The zero-order valence-electron chi connectivity index (χ0n) is 24.2. The minimum atomic E-state index is 0.605. The number of furan rings is 1. The molecule has 0 unspecified atom stereocenters. The average Bonchev–Trinajstić information content (AvgIpc) is 3.51. The molecule has 0 amide bonds. The van der Waals surface area contributed by atoms with Crippen LogP contribution in [0.15, 0.2) is 156 Å². The molecule has 0 saturated carbocycles. The largest absolute Gasteiger partial charge is 0.456 e. The average molecular weight is 576 g/mol. The van der Waals surface area contributed by atoms with Gasteiger partial charge in [-0.25, -0.2) is 15.0 Å². The van der Waals surface area contributed by atoms with Gasteiger partial charge in [-0.3, -0.25) is 0 Å². The smallest absolute Gasteiger partial charge is 0.164 e. The van der Waals surface area contributed by atoms with Crippen molar-refractivity contribution in [1.82, 2.24) is 15.0 Å². The minimum absolute atomic E-state index is 0.605. The van der Waals surface area contributed by atoms with Crippen LogP contribution in [0.4, 0.5) is 0 Å². The molecule has 0 saturated heterocycles. The molecule has 4 nitrogen and oxygen atoms in total. The standard InChI is InChI=1S/C41H25N3O/c1-2-13-28(14-3-1)39-42-40(30-24-23-26-11-4-5-15-29(26)25-30)44-41(43-39)34-20-10-22-36-38(34)37-33(19-9-21-35(37)45-36)32-18-8-16-27-12-6-7-17-31(27)32/h1-25H. The van der Waals surface area contributed by atoms with E-state index < -0.39 is 0 Å². The number of hydrogen-bond acceptors (Lipinski definition) is 4. The van der Waals surface area contributed by atoms with E-state index in [0.29, 0.717) is 17.5 Å². The summed E-state index contributed by atoms with van der Waals surface area (Å²) in [5, 5.41) is 6.75. The lowest BCUT2D eigenvalue weighted by Crippen LogP contribution is -2.00. The van der Waals surface area contributed by atoms with Crippen LogP contribution < -0.4 is 0 Å². The molecule has 0 aliphatic rings. The zero-order chi connectivity index (χ0) is 29.7. The summed E-state index contributed by atoms with van der Waals surface area (Å²) in [6.45, 7) is 0. The van der Waals surface area contributed by atoms with E-state index in [2.05, 4.69) is 103 Å². The number of hydrogen-bond donors (Lipinski definition) is 0. The second kappa shape index (κ2) is 10.2. The Morgan fingerprint density at radius 3 is 1.76 bits per heavy atom. The van der Waals surface area contributed by atoms with E-state index in [1.807, 2.05) is 48.5 Å². The van der Waals surface area contributed by atoms with Crippen molar-refractivity contribution in [2.45, 2.75) is 0 Å². The maximum absolute atomic E-state index is 6.50. The van der Waals surface area contributed by atoms with Crippen molar-refractivity contribution in [3.05, 3.63) is 152 Å². The summed E-state index contributed by atoms with van der Waals surface area (Å²) in [6.07, 6.45) is 0. The van der Waals surface area contributed by atoms with Crippen LogP contribution in [0.25, 0.3) is 88.8 Å². The van der Waals surface area contributed by atoms with Gasteiger partial charge in [-0.15, -0.1) is 0 Å². The lowest BCUT2D eigenvalue weighted by atomic mass is 9.93. The first-order valence-electron chi connectivity index (χ1n) is 15.0. The molecule has 4 heteroatoms. The summed E-state index contributed by atoms with van der Waals surface area (Å²) in [4.78, 5) is 15.2. The number of rotatable bonds is 4. The topological polar surface area (TPSA) is 51.8 Å². The highest BCUT2D eigenvalue weighted by molar-refractivity contribution is 6.19.